The number of carbonyl (C=O) groups excluding carboxylic acids is 2. The number of likely N-dealkylation sites (tertiary alicyclic amines) is 1. The van der Waals surface area contributed by atoms with Gasteiger partial charge >= 0.3 is 6.03 Å². The minimum Gasteiger partial charge on any atom is -0.439 e. The van der Waals surface area contributed by atoms with Crippen LogP contribution in [0.1, 0.15) is 42.1 Å². The van der Waals surface area contributed by atoms with Crippen molar-refractivity contribution in [1.82, 2.24) is 19.5 Å². The van der Waals surface area contributed by atoms with Gasteiger partial charge in [0.05, 0.1) is 28.9 Å². The summed E-state index contributed by atoms with van der Waals surface area (Å²) in [6, 6.07) is 9.97. The third-order valence-electron chi connectivity index (χ3n) is 7.86. The molecule has 1 atom stereocenters. The van der Waals surface area contributed by atoms with Crippen LogP contribution in [0.2, 0.25) is 0 Å². The lowest BCUT2D eigenvalue weighted by atomic mass is 10.0. The predicted octanol–water partition coefficient (Wildman–Crippen LogP) is 3.45. The number of amides is 3. The minimum absolute atomic E-state index is 0.00763. The van der Waals surface area contributed by atoms with Gasteiger partial charge in [0.25, 0.3) is 5.91 Å². The van der Waals surface area contributed by atoms with Crippen LogP contribution in [0.4, 0.5) is 19.3 Å². The van der Waals surface area contributed by atoms with E-state index in [9.17, 15) is 31.9 Å². The molecule has 0 saturated carbocycles. The third-order valence-corrected chi connectivity index (χ3v) is 9.34. The fraction of sp³-hybridized carbons (Fsp3) is 0.406. The van der Waals surface area contributed by atoms with Crippen molar-refractivity contribution in [3.63, 3.8) is 0 Å². The van der Waals surface area contributed by atoms with Gasteiger partial charge in [-0.25, -0.2) is 31.7 Å². The van der Waals surface area contributed by atoms with Gasteiger partial charge in [-0.15, -0.1) is 0 Å². The van der Waals surface area contributed by atoms with Crippen LogP contribution in [0.3, 0.4) is 0 Å². The first-order chi connectivity index (χ1) is 22.9. The van der Waals surface area contributed by atoms with E-state index in [0.717, 1.165) is 11.6 Å². The SMILES string of the molecule is CCC(O)CN(C(=O)Nc1cc(C(N)=O)c(F)cc1F)C1CCN(Cc2ccc(Oc3ccc(S(=O)(=O)NCCOC)cc3)nc2)CC1. The minimum atomic E-state index is -3.66. The lowest BCUT2D eigenvalue weighted by molar-refractivity contribution is 0.0766. The van der Waals surface area contributed by atoms with E-state index >= 15 is 0 Å². The smallest absolute Gasteiger partial charge is 0.322 e. The Hall–Kier alpha value is -4.22. The zero-order valence-electron chi connectivity index (χ0n) is 26.7. The standard InChI is InChI=1S/C32H40F2N6O7S/c1-3-23(41)20-40(32(43)38-29-16-26(31(35)42)27(33)17-28(29)34)22-10-13-39(14-11-22)19-21-4-9-30(36-18-21)47-24-5-7-25(8-6-24)48(44,45)37-12-15-46-2/h4-9,16-18,22-23,37,41H,3,10-15,19-20H2,1-2H3,(H2,35,42)(H,38,43). The fourth-order valence-corrected chi connectivity index (χ4v) is 6.17. The first-order valence-corrected chi connectivity index (χ1v) is 16.9. The van der Waals surface area contributed by atoms with Crippen LogP contribution >= 0.6 is 0 Å². The zero-order chi connectivity index (χ0) is 34.8. The molecule has 16 heteroatoms. The summed E-state index contributed by atoms with van der Waals surface area (Å²) in [5.74, 6) is -2.53. The number of urea groups is 1. The summed E-state index contributed by atoms with van der Waals surface area (Å²) in [5, 5.41) is 12.8. The highest BCUT2D eigenvalue weighted by Crippen LogP contribution is 2.25. The number of piperidine rings is 1. The number of pyridine rings is 1. The van der Waals surface area contributed by atoms with Gasteiger partial charge in [-0.1, -0.05) is 13.0 Å². The molecular weight excluding hydrogens is 650 g/mol. The number of ether oxygens (including phenoxy) is 2. The highest BCUT2D eigenvalue weighted by atomic mass is 32.2. The number of halogens is 2. The molecule has 0 bridgehead atoms. The summed E-state index contributed by atoms with van der Waals surface area (Å²) in [7, 11) is -2.17. The van der Waals surface area contributed by atoms with Gasteiger partial charge in [0, 0.05) is 64.2 Å². The number of nitrogens with two attached hydrogens (primary N) is 1. The Balaban J connectivity index is 1.32. The number of primary amides is 1. The van der Waals surface area contributed by atoms with Crippen molar-refractivity contribution >= 4 is 27.6 Å². The second-order valence-corrected chi connectivity index (χ2v) is 13.1. The number of hydrogen-bond acceptors (Lipinski definition) is 9. The van der Waals surface area contributed by atoms with Gasteiger partial charge in [0.2, 0.25) is 15.9 Å². The van der Waals surface area contributed by atoms with Crippen LogP contribution in [0.25, 0.3) is 0 Å². The van der Waals surface area contributed by atoms with Gasteiger partial charge < -0.3 is 30.5 Å². The predicted molar refractivity (Wildman–Crippen MR) is 173 cm³/mol. The molecule has 260 valence electrons. The van der Waals surface area contributed by atoms with E-state index in [1.807, 2.05) is 6.07 Å². The van der Waals surface area contributed by atoms with E-state index in [1.165, 1.54) is 24.1 Å². The van der Waals surface area contributed by atoms with Crippen LogP contribution in [-0.2, 0) is 21.3 Å². The van der Waals surface area contributed by atoms with Crippen LogP contribution in [0.5, 0.6) is 11.6 Å². The number of benzene rings is 2. The number of nitrogens with zero attached hydrogens (tertiary/aromatic N) is 3. The molecule has 3 amide bonds. The Morgan fingerprint density at radius 3 is 2.44 bits per heavy atom. The average Bonchev–Trinajstić information content (AvgIpc) is 3.06. The number of aliphatic hydroxyl groups excluding tert-OH is 1. The monoisotopic (exact) mass is 690 g/mol. The maximum atomic E-state index is 14.5. The topological polar surface area (TPSA) is 176 Å². The molecule has 1 aliphatic rings. The number of methoxy groups -OCH3 is 1. The van der Waals surface area contributed by atoms with Gasteiger partial charge in [-0.2, -0.15) is 0 Å². The fourth-order valence-electron chi connectivity index (χ4n) is 5.16. The highest BCUT2D eigenvalue weighted by Gasteiger charge is 2.30. The number of nitrogens with one attached hydrogen (secondary N) is 2. The largest absolute Gasteiger partial charge is 0.439 e. The first-order valence-electron chi connectivity index (χ1n) is 15.4. The molecule has 4 rings (SSSR count). The average molecular weight is 691 g/mol. The van der Waals surface area contributed by atoms with Gasteiger partial charge in [-0.3, -0.25) is 9.69 Å². The van der Waals surface area contributed by atoms with Crippen molar-refractivity contribution in [3.8, 4) is 11.6 Å². The van der Waals surface area contributed by atoms with Crippen molar-refractivity contribution in [2.45, 2.75) is 49.8 Å². The normalized spacial score (nSPS) is 14.8. The van der Waals surface area contributed by atoms with E-state index < -0.39 is 45.3 Å². The van der Waals surface area contributed by atoms with Crippen molar-refractivity contribution in [3.05, 3.63) is 77.5 Å². The molecule has 0 radical (unpaired) electrons. The first kappa shape index (κ1) is 36.6. The van der Waals surface area contributed by atoms with Gasteiger partial charge in [-0.05, 0) is 55.2 Å². The molecule has 3 aromatic rings. The summed E-state index contributed by atoms with van der Waals surface area (Å²) >= 11 is 0. The lowest BCUT2D eigenvalue weighted by Crippen LogP contribution is -2.51. The van der Waals surface area contributed by atoms with Crippen LogP contribution in [0.15, 0.2) is 59.6 Å². The number of hydrogen-bond donors (Lipinski definition) is 4. The van der Waals surface area contributed by atoms with E-state index in [-0.39, 0.29) is 36.3 Å². The number of carbonyl (C=O) groups is 2. The van der Waals surface area contributed by atoms with Crippen LogP contribution < -0.4 is 20.5 Å². The Kier molecular flexibility index (Phi) is 12.8. The summed E-state index contributed by atoms with van der Waals surface area (Å²) in [4.78, 5) is 32.9. The number of aromatic nitrogens is 1. The Morgan fingerprint density at radius 1 is 1.12 bits per heavy atom. The summed E-state index contributed by atoms with van der Waals surface area (Å²) in [5.41, 5.74) is 5.16. The molecule has 0 aliphatic carbocycles. The molecule has 5 N–H and O–H groups in total. The number of rotatable bonds is 15. The Labute approximate surface area is 278 Å². The van der Waals surface area contributed by atoms with Crippen molar-refractivity contribution < 1.29 is 41.4 Å². The van der Waals surface area contributed by atoms with Gasteiger partial charge in [0.15, 0.2) is 0 Å². The quantitative estimate of drug-likeness (QED) is 0.174. The van der Waals surface area contributed by atoms with Crippen LogP contribution in [-0.4, -0.2) is 92.3 Å². The molecule has 1 saturated heterocycles. The van der Waals surface area contributed by atoms with E-state index in [1.54, 1.807) is 31.3 Å². The molecule has 13 nitrogen and oxygen atoms in total. The number of anilines is 1. The molecule has 1 aromatic heterocycles. The van der Waals surface area contributed by atoms with Crippen molar-refractivity contribution in [2.75, 3.05) is 45.2 Å². The second kappa shape index (κ2) is 16.7. The third kappa shape index (κ3) is 9.90. The summed E-state index contributed by atoms with van der Waals surface area (Å²) in [6.45, 7) is 4.04. The van der Waals surface area contributed by atoms with Crippen LogP contribution in [0, 0.1) is 11.6 Å². The Bertz CT molecular complexity index is 1650. The maximum Gasteiger partial charge on any atom is 0.322 e. The zero-order valence-corrected chi connectivity index (χ0v) is 27.5. The molecular formula is C32H40F2N6O7S. The van der Waals surface area contributed by atoms with E-state index in [4.69, 9.17) is 15.2 Å². The van der Waals surface area contributed by atoms with Gasteiger partial charge in [0.1, 0.15) is 17.4 Å². The lowest BCUT2D eigenvalue weighted by Gasteiger charge is -2.39. The van der Waals surface area contributed by atoms with Crippen molar-refractivity contribution in [1.29, 1.82) is 0 Å². The van der Waals surface area contributed by atoms with E-state index in [0.29, 0.717) is 56.6 Å². The highest BCUT2D eigenvalue weighted by molar-refractivity contribution is 7.89. The van der Waals surface area contributed by atoms with Crippen molar-refractivity contribution in [2.24, 2.45) is 5.73 Å². The summed E-state index contributed by atoms with van der Waals surface area (Å²) < 4.78 is 66.2. The van der Waals surface area contributed by atoms with E-state index in [2.05, 4.69) is 19.9 Å². The molecule has 1 fully saturated rings. The molecule has 48 heavy (non-hydrogen) atoms. The second-order valence-electron chi connectivity index (χ2n) is 11.3. The summed E-state index contributed by atoms with van der Waals surface area (Å²) in [6.07, 6.45) is 2.42. The molecule has 1 aliphatic heterocycles. The number of aliphatic hydroxyl groups is 1. The number of sulfonamides is 1. The molecule has 2 heterocycles. The molecule has 0 spiro atoms. The molecule has 2 aromatic carbocycles. The maximum absolute atomic E-state index is 14.5. The Morgan fingerprint density at radius 2 is 1.83 bits per heavy atom. The molecule has 1 unspecified atom stereocenters.